The first-order valence-electron chi connectivity index (χ1n) is 10.9. The molecule has 2 rings (SSSR count). The van der Waals surface area contributed by atoms with E-state index in [4.69, 9.17) is 4.74 Å². The topological polar surface area (TPSA) is 66.8 Å². The first-order valence-corrected chi connectivity index (χ1v) is 10.9. The van der Waals surface area contributed by atoms with Gasteiger partial charge in [0.2, 0.25) is 5.91 Å². The Bertz CT molecular complexity index is 776. The van der Waals surface area contributed by atoms with Crippen LogP contribution in [0.1, 0.15) is 84.4 Å². The number of rotatable bonds is 4. The van der Waals surface area contributed by atoms with Crippen LogP contribution in [-0.4, -0.2) is 41.1 Å². The minimum atomic E-state index is -0.508. The van der Waals surface area contributed by atoms with Gasteiger partial charge in [-0.2, -0.15) is 0 Å². The molecule has 1 unspecified atom stereocenters. The Kier molecular flexibility index (Phi) is 7.38. The van der Waals surface area contributed by atoms with Gasteiger partial charge in [0.15, 0.2) is 0 Å². The molecule has 0 aromatic heterocycles. The summed E-state index contributed by atoms with van der Waals surface area (Å²) in [6.45, 7) is 15.0. The van der Waals surface area contributed by atoms with Crippen LogP contribution in [0.15, 0.2) is 18.2 Å². The number of ether oxygens (including phenoxy) is 1. The van der Waals surface area contributed by atoms with Crippen molar-refractivity contribution in [2.45, 2.75) is 84.6 Å². The average molecular weight is 416 g/mol. The molecule has 0 radical (unpaired) electrons. The molecule has 1 N–H and O–H groups in total. The highest BCUT2D eigenvalue weighted by molar-refractivity contribution is 5.95. The van der Waals surface area contributed by atoms with Crippen LogP contribution in [0.3, 0.4) is 0 Å². The number of aromatic hydroxyl groups is 1. The van der Waals surface area contributed by atoms with E-state index in [1.54, 1.807) is 17.9 Å². The summed E-state index contributed by atoms with van der Waals surface area (Å²) in [6.07, 6.45) is 5.75. The van der Waals surface area contributed by atoms with Crippen molar-refractivity contribution in [2.75, 3.05) is 13.2 Å². The highest BCUT2D eigenvalue weighted by Gasteiger charge is 2.32. The van der Waals surface area contributed by atoms with Crippen LogP contribution in [0, 0.1) is 0 Å². The van der Waals surface area contributed by atoms with Crippen molar-refractivity contribution in [2.24, 2.45) is 0 Å². The Morgan fingerprint density at radius 3 is 2.17 bits per heavy atom. The Balaban J connectivity index is 2.36. The number of carbonyl (C=O) groups excluding carboxylic acids is 2. The van der Waals surface area contributed by atoms with Gasteiger partial charge in [-0.1, -0.05) is 41.5 Å². The molecule has 1 saturated heterocycles. The number of hydrogen-bond acceptors (Lipinski definition) is 4. The molecule has 1 aromatic rings. The number of phenols is 1. The van der Waals surface area contributed by atoms with E-state index in [-0.39, 0.29) is 22.7 Å². The number of likely N-dealkylation sites (tertiary alicyclic amines) is 1. The zero-order valence-corrected chi connectivity index (χ0v) is 19.5. The van der Waals surface area contributed by atoms with Crippen molar-refractivity contribution in [1.29, 1.82) is 0 Å². The van der Waals surface area contributed by atoms with Gasteiger partial charge in [-0.05, 0) is 60.8 Å². The Labute approximate surface area is 181 Å². The summed E-state index contributed by atoms with van der Waals surface area (Å²) in [7, 11) is 0. The normalized spacial score (nSPS) is 18.0. The van der Waals surface area contributed by atoms with E-state index in [1.165, 1.54) is 6.08 Å². The fourth-order valence-electron chi connectivity index (χ4n) is 3.84. The number of carbonyl (C=O) groups is 2. The summed E-state index contributed by atoms with van der Waals surface area (Å²) < 4.78 is 5.16. The fraction of sp³-hybridized carbons (Fsp3) is 0.600. The Morgan fingerprint density at radius 1 is 1.10 bits per heavy atom. The molecular formula is C25H37NO4. The van der Waals surface area contributed by atoms with Crippen LogP contribution in [-0.2, 0) is 25.2 Å². The summed E-state index contributed by atoms with van der Waals surface area (Å²) in [6, 6.07) is 3.37. The van der Waals surface area contributed by atoms with E-state index < -0.39 is 6.04 Å². The summed E-state index contributed by atoms with van der Waals surface area (Å²) in [5.41, 5.74) is 2.09. The lowest BCUT2D eigenvalue weighted by Crippen LogP contribution is -2.48. The lowest BCUT2D eigenvalue weighted by molar-refractivity contribution is -0.155. The van der Waals surface area contributed by atoms with E-state index >= 15 is 0 Å². The molecule has 5 heteroatoms. The molecule has 30 heavy (non-hydrogen) atoms. The molecule has 0 aliphatic carbocycles. The van der Waals surface area contributed by atoms with Gasteiger partial charge < -0.3 is 14.7 Å². The minimum Gasteiger partial charge on any atom is -0.507 e. The molecule has 0 spiro atoms. The molecule has 1 atom stereocenters. The molecule has 0 bridgehead atoms. The van der Waals surface area contributed by atoms with Gasteiger partial charge >= 0.3 is 5.97 Å². The third kappa shape index (κ3) is 5.65. The highest BCUT2D eigenvalue weighted by atomic mass is 16.5. The van der Waals surface area contributed by atoms with Gasteiger partial charge in [0, 0.05) is 23.7 Å². The van der Waals surface area contributed by atoms with E-state index in [9.17, 15) is 14.7 Å². The fourth-order valence-corrected chi connectivity index (χ4v) is 3.84. The van der Waals surface area contributed by atoms with E-state index in [0.717, 1.165) is 29.5 Å². The lowest BCUT2D eigenvalue weighted by Gasteiger charge is -2.33. The maximum Gasteiger partial charge on any atom is 0.328 e. The van der Waals surface area contributed by atoms with Gasteiger partial charge in [-0.15, -0.1) is 0 Å². The number of esters is 1. The number of benzene rings is 1. The van der Waals surface area contributed by atoms with Crippen molar-refractivity contribution in [3.63, 3.8) is 0 Å². The highest BCUT2D eigenvalue weighted by Crippen LogP contribution is 2.40. The number of amides is 1. The van der Waals surface area contributed by atoms with Gasteiger partial charge in [0.05, 0.1) is 6.61 Å². The van der Waals surface area contributed by atoms with Gasteiger partial charge in [0.1, 0.15) is 11.8 Å². The summed E-state index contributed by atoms with van der Waals surface area (Å²) in [4.78, 5) is 26.8. The number of phenolic OH excluding ortho intramolecular Hbond substituents is 1. The van der Waals surface area contributed by atoms with Gasteiger partial charge in [0.25, 0.3) is 0 Å². The molecule has 1 aliphatic heterocycles. The second kappa shape index (κ2) is 9.23. The molecule has 5 nitrogen and oxygen atoms in total. The first kappa shape index (κ1) is 24.0. The van der Waals surface area contributed by atoms with E-state index in [2.05, 4.69) is 41.5 Å². The van der Waals surface area contributed by atoms with Crippen molar-refractivity contribution in [1.82, 2.24) is 4.90 Å². The zero-order chi connectivity index (χ0) is 22.7. The molecule has 1 heterocycles. The predicted octanol–water partition coefficient (Wildman–Crippen LogP) is 4.94. The molecule has 1 fully saturated rings. The smallest absolute Gasteiger partial charge is 0.328 e. The minimum absolute atomic E-state index is 0.185. The maximum absolute atomic E-state index is 12.9. The second-order valence-electron chi connectivity index (χ2n) is 10.1. The molecule has 1 aromatic carbocycles. The summed E-state index contributed by atoms with van der Waals surface area (Å²) >= 11 is 0. The Hall–Kier alpha value is -2.30. The summed E-state index contributed by atoms with van der Waals surface area (Å²) in [5, 5.41) is 10.9. The third-order valence-corrected chi connectivity index (χ3v) is 5.51. The first-order chi connectivity index (χ1) is 13.9. The number of hydrogen-bond donors (Lipinski definition) is 1. The molecule has 0 saturated carbocycles. The molecule has 1 amide bonds. The monoisotopic (exact) mass is 415 g/mol. The second-order valence-corrected chi connectivity index (χ2v) is 10.1. The van der Waals surface area contributed by atoms with Crippen LogP contribution in [0.25, 0.3) is 6.08 Å². The lowest BCUT2D eigenvalue weighted by atomic mass is 9.78. The van der Waals surface area contributed by atoms with Crippen LogP contribution >= 0.6 is 0 Å². The standard InChI is InChI=1S/C25H37NO4/c1-8-30-23(29)20-11-9-10-14-26(20)21(27)13-12-17-15-18(24(2,3)4)22(28)19(16-17)25(5,6)7/h12-13,15-16,20,28H,8-11,14H2,1-7H3/b13-12+. The summed E-state index contributed by atoms with van der Waals surface area (Å²) in [5.74, 6) is -0.194. The van der Waals surface area contributed by atoms with Crippen molar-refractivity contribution in [3.8, 4) is 5.75 Å². The average Bonchev–Trinajstić information content (AvgIpc) is 2.65. The van der Waals surface area contributed by atoms with E-state index in [0.29, 0.717) is 25.3 Å². The largest absolute Gasteiger partial charge is 0.507 e. The maximum atomic E-state index is 12.9. The van der Waals surface area contributed by atoms with Crippen LogP contribution in [0.2, 0.25) is 0 Å². The van der Waals surface area contributed by atoms with Crippen LogP contribution in [0.4, 0.5) is 0 Å². The van der Waals surface area contributed by atoms with Crippen LogP contribution in [0.5, 0.6) is 5.75 Å². The van der Waals surface area contributed by atoms with Gasteiger partial charge in [-0.25, -0.2) is 4.79 Å². The quantitative estimate of drug-likeness (QED) is 0.558. The SMILES string of the molecule is CCOC(=O)C1CCCCN1C(=O)/C=C/c1cc(C(C)(C)C)c(O)c(C(C)(C)C)c1. The van der Waals surface area contributed by atoms with Crippen molar-refractivity contribution in [3.05, 3.63) is 34.9 Å². The zero-order valence-electron chi connectivity index (χ0n) is 19.5. The van der Waals surface area contributed by atoms with Crippen molar-refractivity contribution < 1.29 is 19.4 Å². The van der Waals surface area contributed by atoms with Gasteiger partial charge in [-0.3, -0.25) is 4.79 Å². The molecule has 1 aliphatic rings. The van der Waals surface area contributed by atoms with Crippen molar-refractivity contribution >= 4 is 18.0 Å². The van der Waals surface area contributed by atoms with E-state index in [1.807, 2.05) is 12.1 Å². The van der Waals surface area contributed by atoms with Crippen LogP contribution < -0.4 is 0 Å². The number of nitrogens with zero attached hydrogens (tertiary/aromatic N) is 1. The third-order valence-electron chi connectivity index (χ3n) is 5.51. The molecular weight excluding hydrogens is 378 g/mol. The predicted molar refractivity (Wildman–Crippen MR) is 121 cm³/mol. The molecule has 166 valence electrons. The Morgan fingerprint density at radius 2 is 1.67 bits per heavy atom. The number of piperidine rings is 1.